The molecule has 0 aliphatic carbocycles. The van der Waals surface area contributed by atoms with Crippen LogP contribution in [0.15, 0.2) is 54.7 Å². The van der Waals surface area contributed by atoms with Crippen LogP contribution in [0.2, 0.25) is 5.02 Å². The first-order chi connectivity index (χ1) is 10.6. The van der Waals surface area contributed by atoms with Crippen LogP contribution in [0.25, 0.3) is 10.9 Å². The van der Waals surface area contributed by atoms with Crippen LogP contribution in [0.4, 0.5) is 0 Å². The number of ether oxygens (including phenoxy) is 1. The van der Waals surface area contributed by atoms with E-state index in [9.17, 15) is 9.59 Å². The normalized spacial score (nSPS) is 10.6. The second kappa shape index (κ2) is 6.03. The van der Waals surface area contributed by atoms with E-state index >= 15 is 0 Å². The Bertz CT molecular complexity index is 854. The molecule has 1 heterocycles. The molecule has 1 N–H and O–H groups in total. The first-order valence-corrected chi connectivity index (χ1v) is 7.05. The Hall–Kier alpha value is -2.59. The molecule has 0 fully saturated rings. The van der Waals surface area contributed by atoms with Crippen molar-refractivity contribution in [3.63, 3.8) is 0 Å². The van der Waals surface area contributed by atoms with Gasteiger partial charge in [0, 0.05) is 27.7 Å². The van der Waals surface area contributed by atoms with Crippen molar-refractivity contribution in [2.75, 3.05) is 6.61 Å². The fourth-order valence-corrected chi connectivity index (χ4v) is 2.40. The summed E-state index contributed by atoms with van der Waals surface area (Å²) in [5.74, 6) is -0.830. The summed E-state index contributed by atoms with van der Waals surface area (Å²) in [7, 11) is 0. The Morgan fingerprint density at radius 3 is 2.73 bits per heavy atom. The van der Waals surface area contributed by atoms with Crippen LogP contribution >= 0.6 is 11.6 Å². The highest BCUT2D eigenvalue weighted by molar-refractivity contribution is 6.30. The number of hydrogen-bond acceptors (Lipinski definition) is 3. The zero-order chi connectivity index (χ0) is 15.5. The zero-order valence-electron chi connectivity index (χ0n) is 11.5. The van der Waals surface area contributed by atoms with Gasteiger partial charge in [-0.3, -0.25) is 4.79 Å². The lowest BCUT2D eigenvalue weighted by atomic mass is 10.1. The molecule has 3 rings (SSSR count). The molecule has 0 saturated carbocycles. The maximum absolute atomic E-state index is 12.2. The van der Waals surface area contributed by atoms with Crippen LogP contribution in [0.5, 0.6) is 0 Å². The molecule has 0 aliphatic heterocycles. The number of ketones is 1. The van der Waals surface area contributed by atoms with Gasteiger partial charge in [0.05, 0.1) is 5.56 Å². The number of nitrogens with one attached hydrogen (secondary N) is 1. The Morgan fingerprint density at radius 2 is 1.91 bits per heavy atom. The fourth-order valence-electron chi connectivity index (χ4n) is 2.21. The average Bonchev–Trinajstić information content (AvgIpc) is 2.96. The Balaban J connectivity index is 1.71. The van der Waals surface area contributed by atoms with Crippen molar-refractivity contribution in [2.45, 2.75) is 0 Å². The minimum absolute atomic E-state index is 0.257. The number of H-pyrrole nitrogens is 1. The number of aromatic nitrogens is 1. The van der Waals surface area contributed by atoms with Crippen molar-refractivity contribution in [1.29, 1.82) is 0 Å². The van der Waals surface area contributed by atoms with E-state index in [1.165, 1.54) is 6.07 Å². The third-order valence-corrected chi connectivity index (χ3v) is 3.52. The molecule has 5 heteroatoms. The van der Waals surface area contributed by atoms with E-state index < -0.39 is 5.97 Å². The van der Waals surface area contributed by atoms with E-state index in [2.05, 4.69) is 4.98 Å². The van der Waals surface area contributed by atoms with Crippen molar-refractivity contribution >= 4 is 34.3 Å². The van der Waals surface area contributed by atoms with Crippen molar-refractivity contribution in [1.82, 2.24) is 4.98 Å². The predicted octanol–water partition coefficient (Wildman–Crippen LogP) is 3.86. The molecule has 0 radical (unpaired) electrons. The number of carbonyl (C=O) groups excluding carboxylic acids is 2. The molecule has 0 atom stereocenters. The first kappa shape index (κ1) is 14.4. The number of para-hydroxylation sites is 1. The van der Waals surface area contributed by atoms with Crippen LogP contribution in [-0.4, -0.2) is 23.3 Å². The Labute approximate surface area is 131 Å². The van der Waals surface area contributed by atoms with Crippen molar-refractivity contribution in [2.24, 2.45) is 0 Å². The third kappa shape index (κ3) is 2.87. The van der Waals surface area contributed by atoms with E-state index in [0.29, 0.717) is 16.1 Å². The van der Waals surface area contributed by atoms with E-state index in [-0.39, 0.29) is 12.4 Å². The summed E-state index contributed by atoms with van der Waals surface area (Å²) in [6.45, 7) is -0.312. The second-order valence-electron chi connectivity index (χ2n) is 4.76. The van der Waals surface area contributed by atoms with Crippen LogP contribution < -0.4 is 0 Å². The van der Waals surface area contributed by atoms with Gasteiger partial charge in [0.1, 0.15) is 0 Å². The lowest BCUT2D eigenvalue weighted by Crippen LogP contribution is -2.14. The zero-order valence-corrected chi connectivity index (χ0v) is 12.3. The van der Waals surface area contributed by atoms with Gasteiger partial charge in [-0.05, 0) is 24.3 Å². The molecule has 0 bridgehead atoms. The molecule has 0 spiro atoms. The molecule has 0 aliphatic rings. The molecule has 22 heavy (non-hydrogen) atoms. The highest BCUT2D eigenvalue weighted by atomic mass is 35.5. The molecule has 2 aromatic carbocycles. The summed E-state index contributed by atoms with van der Waals surface area (Å²) >= 11 is 5.82. The van der Waals surface area contributed by atoms with Crippen LogP contribution in [0.3, 0.4) is 0 Å². The number of Topliss-reactive ketones (excluding diaryl/α,β-unsaturated/α-hetero) is 1. The Kier molecular flexibility index (Phi) is 3.94. The summed E-state index contributed by atoms with van der Waals surface area (Å²) in [6, 6.07) is 13.9. The monoisotopic (exact) mass is 313 g/mol. The summed E-state index contributed by atoms with van der Waals surface area (Å²) in [6.07, 6.45) is 1.63. The van der Waals surface area contributed by atoms with Gasteiger partial charge in [0.15, 0.2) is 6.61 Å². The topological polar surface area (TPSA) is 59.2 Å². The number of aromatic amines is 1. The molecular formula is C17H12ClNO3. The van der Waals surface area contributed by atoms with Gasteiger partial charge >= 0.3 is 5.97 Å². The quantitative estimate of drug-likeness (QED) is 0.587. The maximum atomic E-state index is 12.2. The molecule has 0 saturated heterocycles. The SMILES string of the molecule is O=C(OCC(=O)c1c[nH]c2ccccc12)c1cccc(Cl)c1. The van der Waals surface area contributed by atoms with Crippen molar-refractivity contribution < 1.29 is 14.3 Å². The minimum Gasteiger partial charge on any atom is -0.454 e. The highest BCUT2D eigenvalue weighted by Gasteiger charge is 2.15. The predicted molar refractivity (Wildman–Crippen MR) is 84.4 cm³/mol. The lowest BCUT2D eigenvalue weighted by Gasteiger charge is -2.04. The number of fused-ring (bicyclic) bond motifs is 1. The second-order valence-corrected chi connectivity index (χ2v) is 5.19. The van der Waals surface area contributed by atoms with Crippen molar-refractivity contribution in [3.05, 3.63) is 70.9 Å². The Morgan fingerprint density at radius 1 is 1.09 bits per heavy atom. The summed E-state index contributed by atoms with van der Waals surface area (Å²) in [5, 5.41) is 1.25. The van der Waals surface area contributed by atoms with Crippen LogP contribution in [0, 0.1) is 0 Å². The van der Waals surface area contributed by atoms with E-state index in [0.717, 1.165) is 10.9 Å². The number of esters is 1. The van der Waals surface area contributed by atoms with Crippen LogP contribution in [-0.2, 0) is 4.74 Å². The van der Waals surface area contributed by atoms with Gasteiger partial charge in [-0.25, -0.2) is 4.79 Å². The smallest absolute Gasteiger partial charge is 0.338 e. The number of carbonyl (C=O) groups is 2. The summed E-state index contributed by atoms with van der Waals surface area (Å²) < 4.78 is 5.06. The third-order valence-electron chi connectivity index (χ3n) is 3.28. The molecule has 3 aromatic rings. The van der Waals surface area contributed by atoms with Gasteiger partial charge in [-0.15, -0.1) is 0 Å². The largest absolute Gasteiger partial charge is 0.454 e. The number of hydrogen-bond donors (Lipinski definition) is 1. The van der Waals surface area contributed by atoms with Gasteiger partial charge in [0.25, 0.3) is 0 Å². The molecule has 1 aromatic heterocycles. The average molecular weight is 314 g/mol. The van der Waals surface area contributed by atoms with Crippen LogP contribution in [0.1, 0.15) is 20.7 Å². The van der Waals surface area contributed by atoms with Gasteiger partial charge < -0.3 is 9.72 Å². The first-order valence-electron chi connectivity index (χ1n) is 6.67. The molecule has 110 valence electrons. The highest BCUT2D eigenvalue weighted by Crippen LogP contribution is 2.18. The van der Waals surface area contributed by atoms with Gasteiger partial charge in [-0.1, -0.05) is 35.9 Å². The standard InChI is InChI=1S/C17H12ClNO3/c18-12-5-3-4-11(8-12)17(21)22-10-16(20)14-9-19-15-7-2-1-6-13(14)15/h1-9,19H,10H2. The van der Waals surface area contributed by atoms with Gasteiger partial charge in [-0.2, -0.15) is 0 Å². The van der Waals surface area contributed by atoms with E-state index in [1.807, 2.05) is 24.3 Å². The molecule has 0 unspecified atom stereocenters. The number of halogens is 1. The molecule has 0 amide bonds. The summed E-state index contributed by atoms with van der Waals surface area (Å²) in [4.78, 5) is 27.1. The minimum atomic E-state index is -0.573. The van der Waals surface area contributed by atoms with Gasteiger partial charge in [0.2, 0.25) is 5.78 Å². The lowest BCUT2D eigenvalue weighted by molar-refractivity contribution is 0.0475. The van der Waals surface area contributed by atoms with E-state index in [4.69, 9.17) is 16.3 Å². The molecule has 4 nitrogen and oxygen atoms in total. The maximum Gasteiger partial charge on any atom is 0.338 e. The number of rotatable bonds is 4. The molecular weight excluding hydrogens is 302 g/mol. The number of benzene rings is 2. The fraction of sp³-hybridized carbons (Fsp3) is 0.0588. The summed E-state index contributed by atoms with van der Waals surface area (Å²) in [5.41, 5.74) is 1.70. The van der Waals surface area contributed by atoms with Crippen molar-refractivity contribution in [3.8, 4) is 0 Å². The van der Waals surface area contributed by atoms with E-state index in [1.54, 1.807) is 24.4 Å².